The lowest BCUT2D eigenvalue weighted by Gasteiger charge is -2.08. The molecule has 1 aromatic carbocycles. The molecule has 0 aliphatic carbocycles. The molecular weight excluding hydrogens is 254 g/mol. The number of aromatic amines is 1. The highest BCUT2D eigenvalue weighted by molar-refractivity contribution is 5.99. The van der Waals surface area contributed by atoms with Crippen molar-refractivity contribution in [3.63, 3.8) is 0 Å². The van der Waals surface area contributed by atoms with Crippen LogP contribution in [0.1, 0.15) is 24.2 Å². The van der Waals surface area contributed by atoms with Crippen LogP contribution in [0.15, 0.2) is 24.4 Å². The van der Waals surface area contributed by atoms with Crippen LogP contribution in [0.2, 0.25) is 0 Å². The van der Waals surface area contributed by atoms with Gasteiger partial charge in [0, 0.05) is 34.8 Å². The first-order valence-corrected chi connectivity index (χ1v) is 6.51. The van der Waals surface area contributed by atoms with Gasteiger partial charge in [0.15, 0.2) is 6.29 Å². The molecule has 0 bridgehead atoms. The van der Waals surface area contributed by atoms with Crippen molar-refractivity contribution in [2.45, 2.75) is 20.4 Å². The van der Waals surface area contributed by atoms with E-state index in [-0.39, 0.29) is 0 Å². The lowest BCUT2D eigenvalue weighted by Crippen LogP contribution is -2.02. The monoisotopic (exact) mass is 269 g/mol. The standard InChI is InChI=1S/C14H15N5O/c1-9(2)6-19-7-11(8-20)12-5-10(3-4-13(12)19)14-15-17-18-16-14/h3-5,7-9H,6H2,1-2H3,(H,15,16,17,18). The van der Waals surface area contributed by atoms with Gasteiger partial charge >= 0.3 is 0 Å². The van der Waals surface area contributed by atoms with Crippen molar-refractivity contribution in [2.75, 3.05) is 0 Å². The number of carbonyl (C=O) groups excluding carboxylic acids is 1. The van der Waals surface area contributed by atoms with Gasteiger partial charge in [0.2, 0.25) is 5.82 Å². The summed E-state index contributed by atoms with van der Waals surface area (Å²) in [6.45, 7) is 5.19. The van der Waals surface area contributed by atoms with Crippen LogP contribution in [0.4, 0.5) is 0 Å². The van der Waals surface area contributed by atoms with Gasteiger partial charge in [-0.3, -0.25) is 4.79 Å². The topological polar surface area (TPSA) is 76.5 Å². The van der Waals surface area contributed by atoms with Crippen LogP contribution in [0, 0.1) is 5.92 Å². The number of nitrogens with one attached hydrogen (secondary N) is 1. The number of hydrogen-bond acceptors (Lipinski definition) is 4. The number of fused-ring (bicyclic) bond motifs is 1. The van der Waals surface area contributed by atoms with E-state index >= 15 is 0 Å². The average molecular weight is 269 g/mol. The zero-order chi connectivity index (χ0) is 14.1. The quantitative estimate of drug-likeness (QED) is 0.737. The zero-order valence-electron chi connectivity index (χ0n) is 11.4. The summed E-state index contributed by atoms with van der Waals surface area (Å²) in [4.78, 5) is 11.3. The molecule has 2 aromatic heterocycles. The van der Waals surface area contributed by atoms with Crippen LogP contribution >= 0.6 is 0 Å². The van der Waals surface area contributed by atoms with Gasteiger partial charge in [-0.15, -0.1) is 10.2 Å². The predicted molar refractivity (Wildman–Crippen MR) is 75.3 cm³/mol. The molecule has 6 heteroatoms. The van der Waals surface area contributed by atoms with E-state index in [0.717, 1.165) is 29.3 Å². The molecule has 0 saturated carbocycles. The highest BCUT2D eigenvalue weighted by atomic mass is 16.1. The van der Waals surface area contributed by atoms with E-state index in [1.165, 1.54) is 0 Å². The van der Waals surface area contributed by atoms with Gasteiger partial charge in [0.1, 0.15) is 0 Å². The van der Waals surface area contributed by atoms with Crippen molar-refractivity contribution in [2.24, 2.45) is 5.92 Å². The molecule has 0 amide bonds. The summed E-state index contributed by atoms with van der Waals surface area (Å²) in [5.74, 6) is 1.04. The smallest absolute Gasteiger partial charge is 0.204 e. The second-order valence-corrected chi connectivity index (χ2v) is 5.22. The Labute approximate surface area is 115 Å². The molecule has 0 radical (unpaired) electrons. The second-order valence-electron chi connectivity index (χ2n) is 5.22. The fraction of sp³-hybridized carbons (Fsp3) is 0.286. The summed E-state index contributed by atoms with van der Waals surface area (Å²) in [6.07, 6.45) is 2.79. The Morgan fingerprint density at radius 3 is 2.90 bits per heavy atom. The van der Waals surface area contributed by atoms with E-state index in [1.54, 1.807) is 0 Å². The number of nitrogens with zero attached hydrogens (tertiary/aromatic N) is 4. The van der Waals surface area contributed by atoms with Crippen LogP contribution in [-0.2, 0) is 6.54 Å². The molecule has 20 heavy (non-hydrogen) atoms. The molecule has 0 aliphatic rings. The maximum absolute atomic E-state index is 11.3. The molecule has 0 fully saturated rings. The Morgan fingerprint density at radius 1 is 1.40 bits per heavy atom. The molecule has 0 aliphatic heterocycles. The minimum absolute atomic E-state index is 0.516. The number of H-pyrrole nitrogens is 1. The lowest BCUT2D eigenvalue weighted by molar-refractivity contribution is 0.112. The van der Waals surface area contributed by atoms with Gasteiger partial charge < -0.3 is 4.57 Å². The molecule has 6 nitrogen and oxygen atoms in total. The van der Waals surface area contributed by atoms with E-state index in [2.05, 4.69) is 39.0 Å². The molecule has 0 atom stereocenters. The fourth-order valence-electron chi connectivity index (χ4n) is 2.39. The number of rotatable bonds is 4. The van der Waals surface area contributed by atoms with Crippen molar-refractivity contribution < 1.29 is 4.79 Å². The van der Waals surface area contributed by atoms with E-state index in [1.807, 2.05) is 24.4 Å². The van der Waals surface area contributed by atoms with Crippen LogP contribution in [0.5, 0.6) is 0 Å². The molecule has 1 N–H and O–H groups in total. The van der Waals surface area contributed by atoms with Gasteiger partial charge in [0.05, 0.1) is 0 Å². The summed E-state index contributed by atoms with van der Waals surface area (Å²) in [6, 6.07) is 5.87. The molecule has 0 saturated heterocycles. The van der Waals surface area contributed by atoms with E-state index in [4.69, 9.17) is 0 Å². The first-order chi connectivity index (χ1) is 9.69. The fourth-order valence-corrected chi connectivity index (χ4v) is 2.39. The highest BCUT2D eigenvalue weighted by Gasteiger charge is 2.11. The Kier molecular flexibility index (Phi) is 3.06. The van der Waals surface area contributed by atoms with Crippen molar-refractivity contribution in [1.82, 2.24) is 25.2 Å². The first-order valence-electron chi connectivity index (χ1n) is 6.51. The third-order valence-electron chi connectivity index (χ3n) is 3.20. The normalized spacial score (nSPS) is 11.3. The molecule has 0 unspecified atom stereocenters. The molecule has 2 heterocycles. The van der Waals surface area contributed by atoms with Crippen molar-refractivity contribution >= 4 is 17.2 Å². The zero-order valence-corrected chi connectivity index (χ0v) is 11.4. The lowest BCUT2D eigenvalue weighted by atomic mass is 10.1. The third kappa shape index (κ3) is 2.09. The predicted octanol–water partition coefficient (Wildman–Crippen LogP) is 2.29. The van der Waals surface area contributed by atoms with E-state index in [9.17, 15) is 4.79 Å². The van der Waals surface area contributed by atoms with Crippen LogP contribution in [0.3, 0.4) is 0 Å². The van der Waals surface area contributed by atoms with Crippen LogP contribution in [0.25, 0.3) is 22.3 Å². The minimum atomic E-state index is 0.516. The molecule has 0 spiro atoms. The second kappa shape index (κ2) is 4.88. The Morgan fingerprint density at radius 2 is 2.25 bits per heavy atom. The largest absolute Gasteiger partial charge is 0.346 e. The van der Waals surface area contributed by atoms with Crippen molar-refractivity contribution in [3.05, 3.63) is 30.0 Å². The number of aldehydes is 1. The summed E-state index contributed by atoms with van der Waals surface area (Å²) in [5, 5.41) is 14.8. The number of benzene rings is 1. The number of carbonyl (C=O) groups is 1. The minimum Gasteiger partial charge on any atom is -0.346 e. The van der Waals surface area contributed by atoms with Gasteiger partial charge in [-0.2, -0.15) is 5.21 Å². The first kappa shape index (κ1) is 12.5. The van der Waals surface area contributed by atoms with E-state index in [0.29, 0.717) is 17.3 Å². The van der Waals surface area contributed by atoms with Gasteiger partial charge in [-0.05, 0) is 29.3 Å². The number of aromatic nitrogens is 5. The average Bonchev–Trinajstić information content (AvgIpc) is 3.06. The highest BCUT2D eigenvalue weighted by Crippen LogP contribution is 2.26. The van der Waals surface area contributed by atoms with Crippen molar-refractivity contribution in [1.29, 1.82) is 0 Å². The molecule has 102 valence electrons. The Balaban J connectivity index is 2.16. The number of hydrogen-bond donors (Lipinski definition) is 1. The van der Waals surface area contributed by atoms with Gasteiger partial charge in [-0.25, -0.2) is 0 Å². The molecular formula is C14H15N5O. The third-order valence-corrected chi connectivity index (χ3v) is 3.20. The maximum atomic E-state index is 11.3. The Bertz CT molecular complexity index is 742. The van der Waals surface area contributed by atoms with Crippen molar-refractivity contribution in [3.8, 4) is 11.4 Å². The summed E-state index contributed by atoms with van der Waals surface area (Å²) >= 11 is 0. The van der Waals surface area contributed by atoms with E-state index < -0.39 is 0 Å². The summed E-state index contributed by atoms with van der Waals surface area (Å²) in [7, 11) is 0. The summed E-state index contributed by atoms with van der Waals surface area (Å²) in [5.41, 5.74) is 2.58. The van der Waals surface area contributed by atoms with Gasteiger partial charge in [0.25, 0.3) is 0 Å². The van der Waals surface area contributed by atoms with Crippen LogP contribution in [-0.4, -0.2) is 31.5 Å². The molecule has 3 rings (SSSR count). The summed E-state index contributed by atoms with van der Waals surface area (Å²) < 4.78 is 2.11. The maximum Gasteiger partial charge on any atom is 0.204 e. The number of tetrazole rings is 1. The van der Waals surface area contributed by atoms with Crippen LogP contribution < -0.4 is 0 Å². The van der Waals surface area contributed by atoms with Gasteiger partial charge in [-0.1, -0.05) is 13.8 Å². The Hall–Kier alpha value is -2.50. The molecule has 3 aromatic rings. The SMILES string of the molecule is CC(C)Cn1cc(C=O)c2cc(-c3nn[nH]n3)ccc21.